The molecule has 176 valence electrons. The molecule has 0 atom stereocenters. The molecular weight excluding hydrogens is 535 g/mol. The van der Waals surface area contributed by atoms with E-state index in [1.807, 2.05) is 47.9 Å². The summed E-state index contributed by atoms with van der Waals surface area (Å²) in [5, 5.41) is 10.1. The van der Waals surface area contributed by atoms with Gasteiger partial charge in [-0.05, 0) is 48.4 Å². The topological polar surface area (TPSA) is 76.9 Å². The van der Waals surface area contributed by atoms with E-state index < -0.39 is 10.0 Å². The van der Waals surface area contributed by atoms with Gasteiger partial charge in [-0.25, -0.2) is 13.1 Å². The molecule has 11 heteroatoms. The number of sulfonamides is 1. The largest absolute Gasteiger partial charge is 0.273 e. The smallest absolute Gasteiger partial charge is 0.242 e. The highest BCUT2D eigenvalue weighted by Gasteiger charge is 2.22. The van der Waals surface area contributed by atoms with Gasteiger partial charge in [-0.2, -0.15) is 0 Å². The maximum absolute atomic E-state index is 12.9. The summed E-state index contributed by atoms with van der Waals surface area (Å²) >= 11 is 19.8. The molecule has 0 spiro atoms. The molecule has 0 saturated heterocycles. The van der Waals surface area contributed by atoms with Crippen molar-refractivity contribution in [2.75, 3.05) is 0 Å². The quantitative estimate of drug-likeness (QED) is 0.259. The predicted molar refractivity (Wildman–Crippen MR) is 138 cm³/mol. The number of rotatable bonds is 8. The molecule has 4 rings (SSSR count). The fourth-order valence-electron chi connectivity index (χ4n) is 3.22. The molecule has 0 amide bonds. The molecule has 34 heavy (non-hydrogen) atoms. The Balaban J connectivity index is 1.67. The molecule has 0 aliphatic rings. The monoisotopic (exact) mass is 552 g/mol. The number of aryl methyl sites for hydroxylation is 1. The fourth-order valence-corrected chi connectivity index (χ4v) is 6.04. The molecule has 0 fully saturated rings. The van der Waals surface area contributed by atoms with Crippen LogP contribution in [0, 0.1) is 6.92 Å². The first-order valence-corrected chi connectivity index (χ1v) is 13.7. The van der Waals surface area contributed by atoms with Gasteiger partial charge in [0.15, 0.2) is 11.0 Å². The van der Waals surface area contributed by atoms with E-state index in [4.69, 9.17) is 34.8 Å². The van der Waals surface area contributed by atoms with E-state index in [9.17, 15) is 8.42 Å². The maximum Gasteiger partial charge on any atom is 0.242 e. The summed E-state index contributed by atoms with van der Waals surface area (Å²) in [4.78, 5) is -0.106. The number of nitrogens with zero attached hydrogens (tertiary/aromatic N) is 3. The molecule has 1 aromatic heterocycles. The van der Waals surface area contributed by atoms with Gasteiger partial charge in [-0.15, -0.1) is 10.2 Å². The number of hydrogen-bond donors (Lipinski definition) is 1. The first-order valence-electron chi connectivity index (χ1n) is 10.1. The SMILES string of the molecule is Cc1ccc(Cl)cc1-n1c(CNS(=O)(=O)c2cc(Cl)ccc2Cl)nnc1SCc1ccccc1. The number of nitrogens with one attached hydrogen (secondary N) is 1. The van der Waals surface area contributed by atoms with Gasteiger partial charge in [0.2, 0.25) is 10.0 Å². The zero-order valence-electron chi connectivity index (χ0n) is 17.9. The van der Waals surface area contributed by atoms with Gasteiger partial charge in [-0.3, -0.25) is 4.57 Å². The van der Waals surface area contributed by atoms with Crippen LogP contribution in [-0.4, -0.2) is 23.2 Å². The van der Waals surface area contributed by atoms with Crippen molar-refractivity contribution in [3.8, 4) is 5.69 Å². The molecule has 0 aliphatic heterocycles. The van der Waals surface area contributed by atoms with Crippen LogP contribution in [0.2, 0.25) is 15.1 Å². The molecule has 0 saturated carbocycles. The van der Waals surface area contributed by atoms with Gasteiger partial charge in [0.05, 0.1) is 17.3 Å². The van der Waals surface area contributed by atoms with E-state index in [2.05, 4.69) is 14.9 Å². The van der Waals surface area contributed by atoms with Crippen molar-refractivity contribution in [1.29, 1.82) is 0 Å². The third kappa shape index (κ3) is 5.76. The van der Waals surface area contributed by atoms with Crippen LogP contribution in [-0.2, 0) is 22.3 Å². The summed E-state index contributed by atoms with van der Waals surface area (Å²) in [5.41, 5.74) is 2.83. The minimum Gasteiger partial charge on any atom is -0.273 e. The lowest BCUT2D eigenvalue weighted by Crippen LogP contribution is -2.25. The van der Waals surface area contributed by atoms with Crippen molar-refractivity contribution in [2.24, 2.45) is 0 Å². The van der Waals surface area contributed by atoms with Crippen LogP contribution in [0.1, 0.15) is 17.0 Å². The summed E-state index contributed by atoms with van der Waals surface area (Å²) in [6, 6.07) is 19.7. The van der Waals surface area contributed by atoms with E-state index in [1.54, 1.807) is 12.1 Å². The Morgan fingerprint density at radius 1 is 0.941 bits per heavy atom. The van der Waals surface area contributed by atoms with Gasteiger partial charge in [-0.1, -0.05) is 83.0 Å². The lowest BCUT2D eigenvalue weighted by atomic mass is 10.2. The summed E-state index contributed by atoms with van der Waals surface area (Å²) in [6.07, 6.45) is 0. The standard InChI is InChI=1S/C23H19Cl3N4O2S2/c1-15-7-8-17(24)11-20(15)30-22(28-29-23(30)33-14-16-5-3-2-4-6-16)13-27-34(31,32)21-12-18(25)9-10-19(21)26/h2-12,27H,13-14H2,1H3. The highest BCUT2D eigenvalue weighted by atomic mass is 35.5. The van der Waals surface area contributed by atoms with E-state index in [0.717, 1.165) is 16.8 Å². The Bertz CT molecular complexity index is 1430. The zero-order chi connectivity index (χ0) is 24.3. The van der Waals surface area contributed by atoms with Gasteiger partial charge in [0, 0.05) is 15.8 Å². The molecule has 0 unspecified atom stereocenters. The second-order valence-corrected chi connectivity index (χ2v) is 11.3. The summed E-state index contributed by atoms with van der Waals surface area (Å²) in [6.45, 7) is 1.83. The third-order valence-electron chi connectivity index (χ3n) is 4.93. The Morgan fingerprint density at radius 3 is 2.41 bits per heavy atom. The fraction of sp³-hybridized carbons (Fsp3) is 0.130. The molecule has 3 aromatic carbocycles. The molecule has 0 aliphatic carbocycles. The minimum absolute atomic E-state index is 0.0724. The number of benzene rings is 3. The lowest BCUT2D eigenvalue weighted by molar-refractivity contribution is 0.578. The van der Waals surface area contributed by atoms with Crippen molar-refractivity contribution < 1.29 is 8.42 Å². The van der Waals surface area contributed by atoms with Gasteiger partial charge < -0.3 is 0 Å². The highest BCUT2D eigenvalue weighted by Crippen LogP contribution is 2.29. The molecule has 0 bridgehead atoms. The van der Waals surface area contributed by atoms with Crippen molar-refractivity contribution in [1.82, 2.24) is 19.5 Å². The maximum atomic E-state index is 12.9. The molecule has 4 aromatic rings. The summed E-state index contributed by atoms with van der Waals surface area (Å²) in [5.74, 6) is 1.07. The number of halogens is 3. The number of hydrogen-bond acceptors (Lipinski definition) is 5. The Labute approximate surface area is 217 Å². The summed E-state index contributed by atoms with van der Waals surface area (Å²) < 4.78 is 30.2. The third-order valence-corrected chi connectivity index (χ3v) is 8.28. The first kappa shape index (κ1) is 25.0. The molecule has 6 nitrogen and oxygen atoms in total. The normalized spacial score (nSPS) is 11.6. The Hall–Kier alpha value is -2.07. The van der Waals surface area contributed by atoms with Crippen LogP contribution in [0.15, 0.2) is 76.8 Å². The number of thioether (sulfide) groups is 1. The van der Waals surface area contributed by atoms with Crippen molar-refractivity contribution in [3.63, 3.8) is 0 Å². The van der Waals surface area contributed by atoms with Crippen LogP contribution in [0.5, 0.6) is 0 Å². The average Bonchev–Trinajstić information content (AvgIpc) is 3.23. The predicted octanol–water partition coefficient (Wildman–Crippen LogP) is 6.31. The first-order chi connectivity index (χ1) is 16.2. The summed E-state index contributed by atoms with van der Waals surface area (Å²) in [7, 11) is -3.96. The van der Waals surface area contributed by atoms with Crippen molar-refractivity contribution >= 4 is 56.6 Å². The van der Waals surface area contributed by atoms with Crippen LogP contribution in [0.3, 0.4) is 0 Å². The molecular formula is C23H19Cl3N4O2S2. The van der Waals surface area contributed by atoms with E-state index in [1.165, 1.54) is 30.0 Å². The average molecular weight is 554 g/mol. The van der Waals surface area contributed by atoms with Crippen LogP contribution < -0.4 is 4.72 Å². The van der Waals surface area contributed by atoms with E-state index in [-0.39, 0.29) is 21.5 Å². The van der Waals surface area contributed by atoms with Gasteiger partial charge >= 0.3 is 0 Å². The van der Waals surface area contributed by atoms with Crippen LogP contribution >= 0.6 is 46.6 Å². The highest BCUT2D eigenvalue weighted by molar-refractivity contribution is 7.98. The lowest BCUT2D eigenvalue weighted by Gasteiger charge is -2.14. The number of aromatic nitrogens is 3. The minimum atomic E-state index is -3.96. The zero-order valence-corrected chi connectivity index (χ0v) is 21.8. The van der Waals surface area contributed by atoms with Gasteiger partial charge in [0.1, 0.15) is 4.90 Å². The molecule has 1 N–H and O–H groups in total. The van der Waals surface area contributed by atoms with E-state index >= 15 is 0 Å². The molecule has 1 heterocycles. The molecule has 0 radical (unpaired) electrons. The van der Waals surface area contributed by atoms with E-state index in [0.29, 0.717) is 21.8 Å². The Morgan fingerprint density at radius 2 is 1.65 bits per heavy atom. The van der Waals surface area contributed by atoms with Crippen LogP contribution in [0.4, 0.5) is 0 Å². The Kier molecular flexibility index (Phi) is 7.87. The van der Waals surface area contributed by atoms with Crippen molar-refractivity contribution in [2.45, 2.75) is 29.3 Å². The van der Waals surface area contributed by atoms with Gasteiger partial charge in [0.25, 0.3) is 0 Å². The second-order valence-electron chi connectivity index (χ2n) is 7.34. The van der Waals surface area contributed by atoms with Crippen LogP contribution in [0.25, 0.3) is 5.69 Å². The van der Waals surface area contributed by atoms with Crippen molar-refractivity contribution in [3.05, 3.63) is 98.7 Å². The second kappa shape index (κ2) is 10.7.